The smallest absolute Gasteiger partial charge is 0.332 e. The van der Waals surface area contributed by atoms with Gasteiger partial charge in [0.05, 0.1) is 29.9 Å². The van der Waals surface area contributed by atoms with Gasteiger partial charge in [-0.15, -0.1) is 0 Å². The topological polar surface area (TPSA) is 169 Å². The maximum absolute atomic E-state index is 14.4. The second kappa shape index (κ2) is 11.7. The third-order valence-corrected chi connectivity index (χ3v) is 7.73. The zero-order chi connectivity index (χ0) is 30.1. The summed E-state index contributed by atoms with van der Waals surface area (Å²) in [6, 6.07) is 12.0. The molecule has 1 saturated carbocycles. The summed E-state index contributed by atoms with van der Waals surface area (Å²) in [7, 11) is 0. The second-order valence-corrected chi connectivity index (χ2v) is 11.0. The number of nitrogens with two attached hydrogens (primary N) is 1. The Kier molecular flexibility index (Phi) is 8.09. The van der Waals surface area contributed by atoms with E-state index < -0.39 is 34.2 Å². The number of nitrogen functional groups attached to an aromatic ring is 1. The summed E-state index contributed by atoms with van der Waals surface area (Å²) < 4.78 is 46.7. The average Bonchev–Trinajstić information content (AvgIpc) is 3.72. The number of hydrogen-bond donors (Lipinski definition) is 2. The number of anilines is 4. The lowest BCUT2D eigenvalue weighted by atomic mass is 10.1. The van der Waals surface area contributed by atoms with Crippen LogP contribution in [-0.4, -0.2) is 29.0 Å². The molecule has 220 valence electrons. The van der Waals surface area contributed by atoms with Crippen LogP contribution in [0.1, 0.15) is 35.4 Å². The Morgan fingerprint density at radius 1 is 1.17 bits per heavy atom. The Balaban J connectivity index is 1.41. The summed E-state index contributed by atoms with van der Waals surface area (Å²) in [6.45, 7) is 3.16. The summed E-state index contributed by atoms with van der Waals surface area (Å²) in [5.74, 6) is -0.785. The number of hydrogen-bond acceptors (Lipinski definition) is 8. The fourth-order valence-electron chi connectivity index (χ4n) is 4.68. The maximum Gasteiger partial charge on any atom is 0.332 e. The molecule has 42 heavy (non-hydrogen) atoms. The fourth-order valence-corrected chi connectivity index (χ4v) is 5.38. The highest BCUT2D eigenvalue weighted by Crippen LogP contribution is 2.33. The highest BCUT2D eigenvalue weighted by molar-refractivity contribution is 7.81. The normalized spacial score (nSPS) is 13.6. The van der Waals surface area contributed by atoms with E-state index in [2.05, 4.69) is 10.5 Å². The highest BCUT2D eigenvalue weighted by atomic mass is 32.2. The lowest BCUT2D eigenvalue weighted by Gasteiger charge is -2.26. The van der Waals surface area contributed by atoms with Gasteiger partial charge in [-0.3, -0.25) is 27.2 Å². The van der Waals surface area contributed by atoms with Crippen LogP contribution in [0.15, 0.2) is 62.6 Å². The lowest BCUT2D eigenvalue weighted by Crippen LogP contribution is -2.43. The van der Waals surface area contributed by atoms with Crippen LogP contribution in [0.5, 0.6) is 0 Å². The molecule has 1 unspecified atom stereocenters. The van der Waals surface area contributed by atoms with E-state index in [0.717, 1.165) is 21.7 Å². The summed E-state index contributed by atoms with van der Waals surface area (Å²) in [5.41, 5.74) is 6.08. The number of amides is 1. The molecule has 1 atom stereocenters. The zero-order valence-corrected chi connectivity index (χ0v) is 23.7. The zero-order valence-electron chi connectivity index (χ0n) is 22.8. The molecular formula is C28H28FN6O6S-. The number of aromatic nitrogens is 3. The summed E-state index contributed by atoms with van der Waals surface area (Å²) in [5, 5.41) is 6.34. The van der Waals surface area contributed by atoms with Crippen molar-refractivity contribution in [2.45, 2.75) is 46.2 Å². The largest absolute Gasteiger partial charge is 0.755 e. The molecule has 1 aliphatic rings. The van der Waals surface area contributed by atoms with E-state index >= 15 is 0 Å². The van der Waals surface area contributed by atoms with Gasteiger partial charge in [0.15, 0.2) is 5.76 Å². The molecule has 0 aliphatic heterocycles. The highest BCUT2D eigenvalue weighted by Gasteiger charge is 2.27. The van der Waals surface area contributed by atoms with Gasteiger partial charge < -0.3 is 20.1 Å². The molecule has 1 amide bonds. The van der Waals surface area contributed by atoms with Crippen molar-refractivity contribution in [3.63, 3.8) is 0 Å². The molecule has 2 aromatic carbocycles. The van der Waals surface area contributed by atoms with E-state index in [0.29, 0.717) is 22.7 Å². The molecule has 2 heterocycles. The third kappa shape index (κ3) is 5.90. The van der Waals surface area contributed by atoms with E-state index in [1.807, 2.05) is 0 Å². The number of benzene rings is 2. The molecular weight excluding hydrogens is 567 g/mol. The van der Waals surface area contributed by atoms with Crippen molar-refractivity contribution < 1.29 is 22.5 Å². The summed E-state index contributed by atoms with van der Waals surface area (Å²) in [6.07, 6.45) is 1.63. The van der Waals surface area contributed by atoms with Crippen LogP contribution >= 0.6 is 0 Å². The number of aryl methyl sites for hydroxylation is 2. The van der Waals surface area contributed by atoms with Crippen molar-refractivity contribution in [3.05, 3.63) is 97.8 Å². The van der Waals surface area contributed by atoms with E-state index in [9.17, 15) is 27.5 Å². The van der Waals surface area contributed by atoms with Crippen LogP contribution in [-0.2, 0) is 35.6 Å². The number of rotatable bonds is 10. The van der Waals surface area contributed by atoms with E-state index in [4.69, 9.17) is 10.3 Å². The molecule has 0 bridgehead atoms. The number of halogens is 1. The first-order valence-electron chi connectivity index (χ1n) is 13.1. The first-order valence-corrected chi connectivity index (χ1v) is 14.2. The quantitative estimate of drug-likeness (QED) is 0.264. The average molecular weight is 596 g/mol. The standard InChI is InChI=1S/C28H29FN6O6S/c1-16-25(17(2)41-32-16)35(42(39)40)21-11-9-18(10-12-21)13-23(36)31-24-26(30)33(14-19-7-8-19)28(38)34(27(24)37)15-20-5-3-4-6-22(20)29/h3-6,9-12,19H,7-8,13-15,30H2,1-2H3,(H,31,36)(H,39,40)/p-1. The van der Waals surface area contributed by atoms with Gasteiger partial charge in [0.25, 0.3) is 5.56 Å². The minimum Gasteiger partial charge on any atom is -0.755 e. The Bertz CT molecular complexity index is 1770. The molecule has 3 N–H and O–H groups in total. The van der Waals surface area contributed by atoms with E-state index in [1.54, 1.807) is 32.0 Å². The van der Waals surface area contributed by atoms with Crippen LogP contribution in [0.4, 0.5) is 27.3 Å². The van der Waals surface area contributed by atoms with Crippen molar-refractivity contribution in [3.8, 4) is 0 Å². The minimum atomic E-state index is -2.67. The molecule has 0 spiro atoms. The SMILES string of the molecule is Cc1noc(C)c1N(c1ccc(CC(=O)Nc2c(N)n(CC3CC3)c(=O)n(Cc3ccccc3F)c2=O)cc1)S(=O)[O-]. The molecule has 2 aromatic heterocycles. The van der Waals surface area contributed by atoms with Gasteiger partial charge in [0, 0.05) is 12.1 Å². The molecule has 5 rings (SSSR count). The van der Waals surface area contributed by atoms with E-state index in [1.165, 1.54) is 34.9 Å². The van der Waals surface area contributed by atoms with Crippen LogP contribution in [0.25, 0.3) is 0 Å². The van der Waals surface area contributed by atoms with Crippen LogP contribution in [0, 0.1) is 25.6 Å². The van der Waals surface area contributed by atoms with Gasteiger partial charge in [-0.25, -0.2) is 9.18 Å². The first kappa shape index (κ1) is 29.0. The predicted octanol–water partition coefficient (Wildman–Crippen LogP) is 2.91. The van der Waals surface area contributed by atoms with Gasteiger partial charge in [0.2, 0.25) is 5.91 Å². The lowest BCUT2D eigenvalue weighted by molar-refractivity contribution is -0.115. The molecule has 1 aliphatic carbocycles. The third-order valence-electron chi connectivity index (χ3n) is 7.04. The van der Waals surface area contributed by atoms with Crippen molar-refractivity contribution in [2.24, 2.45) is 5.92 Å². The van der Waals surface area contributed by atoms with Crippen molar-refractivity contribution in [1.29, 1.82) is 0 Å². The Labute approximate surface area is 242 Å². The minimum absolute atomic E-state index is 0.140. The van der Waals surface area contributed by atoms with Gasteiger partial charge in [-0.2, -0.15) is 0 Å². The monoisotopic (exact) mass is 595 g/mol. The van der Waals surface area contributed by atoms with Gasteiger partial charge in [0.1, 0.15) is 28.7 Å². The molecule has 4 aromatic rings. The van der Waals surface area contributed by atoms with Gasteiger partial charge in [-0.1, -0.05) is 35.5 Å². The van der Waals surface area contributed by atoms with Crippen LogP contribution < -0.4 is 26.6 Å². The Morgan fingerprint density at radius 3 is 2.45 bits per heavy atom. The number of carbonyl (C=O) groups excluding carboxylic acids is 1. The van der Waals surface area contributed by atoms with Crippen molar-refractivity contribution in [1.82, 2.24) is 14.3 Å². The van der Waals surface area contributed by atoms with Crippen molar-refractivity contribution >= 4 is 40.1 Å². The number of nitrogens with zero attached hydrogens (tertiary/aromatic N) is 4. The molecule has 0 radical (unpaired) electrons. The molecule has 12 nitrogen and oxygen atoms in total. The van der Waals surface area contributed by atoms with Crippen molar-refractivity contribution in [2.75, 3.05) is 15.4 Å². The van der Waals surface area contributed by atoms with E-state index in [-0.39, 0.29) is 48.2 Å². The molecule has 1 fully saturated rings. The number of nitrogens with one attached hydrogen (secondary N) is 1. The predicted molar refractivity (Wildman–Crippen MR) is 153 cm³/mol. The Morgan fingerprint density at radius 2 is 1.86 bits per heavy atom. The van der Waals surface area contributed by atoms with Crippen LogP contribution in [0.3, 0.4) is 0 Å². The second-order valence-electron chi connectivity index (χ2n) is 10.2. The van der Waals surface area contributed by atoms with Gasteiger partial charge in [-0.05, 0) is 56.4 Å². The summed E-state index contributed by atoms with van der Waals surface area (Å²) in [4.78, 5) is 39.7. The van der Waals surface area contributed by atoms with Crippen LogP contribution in [0.2, 0.25) is 0 Å². The fraction of sp³-hybridized carbons (Fsp3) is 0.286. The molecule has 14 heteroatoms. The number of carbonyl (C=O) groups is 1. The Hall–Kier alpha value is -4.56. The summed E-state index contributed by atoms with van der Waals surface area (Å²) >= 11 is -2.67. The first-order chi connectivity index (χ1) is 20.0. The maximum atomic E-state index is 14.4. The molecule has 0 saturated heterocycles. The van der Waals surface area contributed by atoms with Gasteiger partial charge >= 0.3 is 5.69 Å².